The Morgan fingerprint density at radius 2 is 2.13 bits per heavy atom. The highest BCUT2D eigenvalue weighted by atomic mass is 35.5. The Balaban J connectivity index is 1.84. The van der Waals surface area contributed by atoms with E-state index in [0.717, 1.165) is 9.47 Å². The average Bonchev–Trinajstić information content (AvgIpc) is 2.97. The molecule has 23 heavy (non-hydrogen) atoms. The summed E-state index contributed by atoms with van der Waals surface area (Å²) in [5.41, 5.74) is 0.714. The van der Waals surface area contributed by atoms with Crippen molar-refractivity contribution in [3.05, 3.63) is 29.3 Å². The molecule has 1 aromatic heterocycles. The van der Waals surface area contributed by atoms with Crippen LogP contribution in [0.15, 0.2) is 28.6 Å². The highest BCUT2D eigenvalue weighted by Gasteiger charge is 2.17. The first-order valence-electron chi connectivity index (χ1n) is 6.88. The van der Waals surface area contributed by atoms with Gasteiger partial charge in [0.1, 0.15) is 0 Å². The predicted octanol–water partition coefficient (Wildman–Crippen LogP) is 3.37. The van der Waals surface area contributed by atoms with Gasteiger partial charge >= 0.3 is 0 Å². The second-order valence-electron chi connectivity index (χ2n) is 4.55. The van der Waals surface area contributed by atoms with E-state index >= 15 is 0 Å². The van der Waals surface area contributed by atoms with Crippen molar-refractivity contribution in [2.45, 2.75) is 16.5 Å². The number of aromatic nitrogens is 2. The normalized spacial score (nSPS) is 12.0. The first-order chi connectivity index (χ1) is 11.1. The van der Waals surface area contributed by atoms with Crippen molar-refractivity contribution in [3.8, 4) is 0 Å². The summed E-state index contributed by atoms with van der Waals surface area (Å²) in [6.45, 7) is 3.10. The van der Waals surface area contributed by atoms with E-state index in [4.69, 9.17) is 16.3 Å². The third-order valence-electron chi connectivity index (χ3n) is 2.75. The fourth-order valence-electron chi connectivity index (χ4n) is 1.57. The van der Waals surface area contributed by atoms with Gasteiger partial charge < -0.3 is 15.4 Å². The van der Waals surface area contributed by atoms with Crippen LogP contribution >= 0.6 is 34.7 Å². The zero-order valence-electron chi connectivity index (χ0n) is 12.7. The van der Waals surface area contributed by atoms with Crippen molar-refractivity contribution in [1.29, 1.82) is 0 Å². The number of amides is 1. The number of halogens is 1. The zero-order chi connectivity index (χ0) is 16.7. The molecule has 0 radical (unpaired) electrons. The highest BCUT2D eigenvalue weighted by molar-refractivity contribution is 8.02. The second-order valence-corrected chi connectivity index (χ2v) is 7.55. The lowest BCUT2D eigenvalue weighted by Crippen LogP contribution is -2.22. The molecule has 6 nitrogen and oxygen atoms in total. The SMILES string of the molecule is COCCNc1nnc(SC(C)C(=O)Nc2ccc(Cl)cc2)s1. The van der Waals surface area contributed by atoms with Crippen LogP contribution in [0.2, 0.25) is 5.02 Å². The summed E-state index contributed by atoms with van der Waals surface area (Å²) in [4.78, 5) is 12.2. The van der Waals surface area contributed by atoms with E-state index in [9.17, 15) is 4.79 Å². The van der Waals surface area contributed by atoms with Gasteiger partial charge in [-0.05, 0) is 31.2 Å². The summed E-state index contributed by atoms with van der Waals surface area (Å²) in [5, 5.41) is 15.1. The number of benzene rings is 1. The molecule has 9 heteroatoms. The molecule has 0 aliphatic rings. The first-order valence-corrected chi connectivity index (χ1v) is 8.95. The van der Waals surface area contributed by atoms with E-state index < -0.39 is 0 Å². The van der Waals surface area contributed by atoms with Gasteiger partial charge in [0.15, 0.2) is 4.34 Å². The number of carbonyl (C=O) groups excluding carboxylic acids is 1. The fraction of sp³-hybridized carbons (Fsp3) is 0.357. The number of anilines is 2. The molecule has 0 saturated carbocycles. The molecule has 1 unspecified atom stereocenters. The summed E-state index contributed by atoms with van der Waals surface area (Å²) in [5.74, 6) is -0.0959. The Hall–Kier alpha value is -1.35. The van der Waals surface area contributed by atoms with Gasteiger partial charge in [0.25, 0.3) is 0 Å². The highest BCUT2D eigenvalue weighted by Crippen LogP contribution is 2.29. The summed E-state index contributed by atoms with van der Waals surface area (Å²) in [6.07, 6.45) is 0. The van der Waals surface area contributed by atoms with Gasteiger partial charge in [-0.1, -0.05) is 34.7 Å². The van der Waals surface area contributed by atoms with Crippen LogP contribution < -0.4 is 10.6 Å². The molecule has 1 atom stereocenters. The minimum Gasteiger partial charge on any atom is -0.383 e. The van der Waals surface area contributed by atoms with Crippen LogP contribution in [0.4, 0.5) is 10.8 Å². The third kappa shape index (κ3) is 5.98. The standard InChI is InChI=1S/C14H17ClN4O2S2/c1-9(12(20)17-11-5-3-10(15)4-6-11)22-14-19-18-13(23-14)16-7-8-21-2/h3-6,9H,7-8H2,1-2H3,(H,16,18)(H,17,20). The maximum Gasteiger partial charge on any atom is 0.237 e. The quantitative estimate of drug-likeness (QED) is 0.546. The molecule has 0 saturated heterocycles. The lowest BCUT2D eigenvalue weighted by atomic mass is 10.3. The topological polar surface area (TPSA) is 76.1 Å². The van der Waals surface area contributed by atoms with Gasteiger partial charge in [-0.3, -0.25) is 4.79 Å². The van der Waals surface area contributed by atoms with E-state index in [-0.39, 0.29) is 11.2 Å². The van der Waals surface area contributed by atoms with E-state index in [1.807, 2.05) is 6.92 Å². The molecule has 2 aromatic rings. The second kappa shape index (κ2) is 9.07. The molecular formula is C14H17ClN4O2S2. The Labute approximate surface area is 148 Å². The Morgan fingerprint density at radius 1 is 1.39 bits per heavy atom. The molecule has 0 fully saturated rings. The lowest BCUT2D eigenvalue weighted by molar-refractivity contribution is -0.115. The minimum absolute atomic E-state index is 0.0959. The van der Waals surface area contributed by atoms with E-state index in [1.54, 1.807) is 31.4 Å². The Morgan fingerprint density at radius 3 is 2.83 bits per heavy atom. The summed E-state index contributed by atoms with van der Waals surface area (Å²) in [6, 6.07) is 7.00. The molecule has 1 amide bonds. The van der Waals surface area contributed by atoms with Crippen LogP contribution in [0, 0.1) is 0 Å². The number of ether oxygens (including phenoxy) is 1. The molecule has 0 spiro atoms. The van der Waals surface area contributed by atoms with Crippen molar-refractivity contribution in [2.24, 2.45) is 0 Å². The van der Waals surface area contributed by atoms with Crippen LogP contribution in [-0.4, -0.2) is 41.6 Å². The fourth-order valence-corrected chi connectivity index (χ4v) is 3.62. The van der Waals surface area contributed by atoms with E-state index in [0.29, 0.717) is 23.9 Å². The molecule has 1 aromatic carbocycles. The van der Waals surface area contributed by atoms with Crippen molar-refractivity contribution in [1.82, 2.24) is 10.2 Å². The zero-order valence-corrected chi connectivity index (χ0v) is 15.1. The number of methoxy groups -OCH3 is 1. The monoisotopic (exact) mass is 372 g/mol. The Kier molecular flexibility index (Phi) is 7.10. The van der Waals surface area contributed by atoms with E-state index in [2.05, 4.69) is 20.8 Å². The molecule has 0 bridgehead atoms. The van der Waals surface area contributed by atoms with Crippen molar-refractivity contribution < 1.29 is 9.53 Å². The van der Waals surface area contributed by atoms with Gasteiger partial charge in [0.05, 0.1) is 11.9 Å². The number of rotatable bonds is 8. The van der Waals surface area contributed by atoms with Crippen LogP contribution in [0.5, 0.6) is 0 Å². The van der Waals surface area contributed by atoms with Crippen molar-refractivity contribution in [2.75, 3.05) is 30.9 Å². The Bertz CT molecular complexity index is 636. The minimum atomic E-state index is -0.287. The van der Waals surface area contributed by atoms with Gasteiger partial charge in [0, 0.05) is 24.4 Å². The smallest absolute Gasteiger partial charge is 0.237 e. The molecular weight excluding hydrogens is 356 g/mol. The number of thioether (sulfide) groups is 1. The maximum atomic E-state index is 12.2. The number of nitrogens with one attached hydrogen (secondary N) is 2. The molecule has 2 rings (SSSR count). The van der Waals surface area contributed by atoms with Crippen molar-refractivity contribution in [3.63, 3.8) is 0 Å². The average molecular weight is 373 g/mol. The molecule has 0 aliphatic heterocycles. The lowest BCUT2D eigenvalue weighted by Gasteiger charge is -2.10. The number of carbonyl (C=O) groups is 1. The predicted molar refractivity (Wildman–Crippen MR) is 95.7 cm³/mol. The maximum absolute atomic E-state index is 12.2. The molecule has 1 heterocycles. The van der Waals surface area contributed by atoms with Gasteiger partial charge in [-0.25, -0.2) is 0 Å². The van der Waals surface area contributed by atoms with E-state index in [1.165, 1.54) is 23.1 Å². The van der Waals surface area contributed by atoms with Crippen molar-refractivity contribution >= 4 is 51.4 Å². The number of hydrogen-bond donors (Lipinski definition) is 2. The summed E-state index contributed by atoms with van der Waals surface area (Å²) >= 11 is 8.61. The van der Waals surface area contributed by atoms with Crippen LogP contribution in [0.3, 0.4) is 0 Å². The summed E-state index contributed by atoms with van der Waals surface area (Å²) < 4.78 is 5.70. The molecule has 2 N–H and O–H groups in total. The third-order valence-corrected chi connectivity index (χ3v) is 5.06. The van der Waals surface area contributed by atoms with Gasteiger partial charge in [0.2, 0.25) is 11.0 Å². The molecule has 124 valence electrons. The van der Waals surface area contributed by atoms with Crippen LogP contribution in [0.1, 0.15) is 6.92 Å². The summed E-state index contributed by atoms with van der Waals surface area (Å²) in [7, 11) is 1.64. The van der Waals surface area contributed by atoms with Crippen LogP contribution in [-0.2, 0) is 9.53 Å². The number of nitrogens with zero attached hydrogens (tertiary/aromatic N) is 2. The van der Waals surface area contributed by atoms with Crippen LogP contribution in [0.25, 0.3) is 0 Å². The van der Waals surface area contributed by atoms with Gasteiger partial charge in [-0.2, -0.15) is 0 Å². The largest absolute Gasteiger partial charge is 0.383 e. The van der Waals surface area contributed by atoms with Gasteiger partial charge in [-0.15, -0.1) is 10.2 Å². The molecule has 0 aliphatic carbocycles. The first kappa shape index (κ1) is 18.0. The number of hydrogen-bond acceptors (Lipinski definition) is 7.